The van der Waals surface area contributed by atoms with E-state index in [-0.39, 0.29) is 5.97 Å². The van der Waals surface area contributed by atoms with Crippen LogP contribution in [0.15, 0.2) is 30.3 Å². The summed E-state index contributed by atoms with van der Waals surface area (Å²) in [5.41, 5.74) is 1.03. The lowest BCUT2D eigenvalue weighted by atomic mass is 9.84. The maximum Gasteiger partial charge on any atom is 0.310 e. The Bertz CT molecular complexity index is 458. The van der Waals surface area contributed by atoms with Crippen molar-refractivity contribution in [2.75, 3.05) is 19.7 Å². The Kier molecular flexibility index (Phi) is 4.91. The fraction of sp³-hybridized carbons (Fsp3) is 0.611. The van der Waals surface area contributed by atoms with Gasteiger partial charge in [0.1, 0.15) is 0 Å². The molecule has 1 aromatic rings. The van der Waals surface area contributed by atoms with Gasteiger partial charge in [0.25, 0.3) is 0 Å². The monoisotopic (exact) mass is 287 g/mol. The third-order valence-electron chi connectivity index (χ3n) is 4.88. The van der Waals surface area contributed by atoms with E-state index in [1.807, 2.05) is 30.3 Å². The minimum absolute atomic E-state index is 0.0888. The quantitative estimate of drug-likeness (QED) is 0.797. The van der Waals surface area contributed by atoms with Crippen molar-refractivity contribution in [3.05, 3.63) is 35.9 Å². The Labute approximate surface area is 127 Å². The highest BCUT2D eigenvalue weighted by Gasteiger charge is 2.33. The van der Waals surface area contributed by atoms with Crippen molar-refractivity contribution in [2.24, 2.45) is 5.92 Å². The fourth-order valence-electron chi connectivity index (χ4n) is 3.79. The van der Waals surface area contributed by atoms with Crippen LogP contribution in [0.5, 0.6) is 0 Å². The molecule has 1 aromatic carbocycles. The molecule has 2 heterocycles. The predicted molar refractivity (Wildman–Crippen MR) is 83.0 cm³/mol. The number of ether oxygens (including phenoxy) is 1. The fourth-order valence-corrected chi connectivity index (χ4v) is 3.79. The van der Waals surface area contributed by atoms with E-state index >= 15 is 0 Å². The van der Waals surface area contributed by atoms with Gasteiger partial charge in [-0.1, -0.05) is 36.8 Å². The topological polar surface area (TPSA) is 29.5 Å². The molecule has 2 aliphatic rings. The molecule has 0 radical (unpaired) electrons. The normalized spacial score (nSPS) is 26.1. The molecule has 2 aliphatic heterocycles. The highest BCUT2D eigenvalue weighted by atomic mass is 16.5. The van der Waals surface area contributed by atoms with Crippen LogP contribution < -0.4 is 0 Å². The molecule has 2 fully saturated rings. The Morgan fingerprint density at radius 1 is 1.10 bits per heavy atom. The van der Waals surface area contributed by atoms with Gasteiger partial charge in [0.15, 0.2) is 0 Å². The van der Waals surface area contributed by atoms with Gasteiger partial charge in [0.2, 0.25) is 0 Å². The third kappa shape index (κ3) is 3.85. The summed E-state index contributed by atoms with van der Waals surface area (Å²) < 4.78 is 5.57. The second-order valence-corrected chi connectivity index (χ2v) is 6.35. The number of fused-ring (bicyclic) bond motifs is 1. The largest absolute Gasteiger partial charge is 0.465 e. The van der Waals surface area contributed by atoms with E-state index in [1.54, 1.807) is 0 Å². The molecule has 0 amide bonds. The lowest BCUT2D eigenvalue weighted by Crippen LogP contribution is -2.49. The molecule has 3 heteroatoms. The number of hydrogen-bond donors (Lipinski definition) is 0. The number of piperidine rings is 2. The van der Waals surface area contributed by atoms with E-state index in [9.17, 15) is 4.79 Å². The number of carbonyl (C=O) groups is 1. The summed E-state index contributed by atoms with van der Waals surface area (Å²) in [5.74, 6) is 0.452. The van der Waals surface area contributed by atoms with E-state index in [2.05, 4.69) is 4.90 Å². The van der Waals surface area contributed by atoms with Crippen LogP contribution in [0.3, 0.4) is 0 Å². The lowest BCUT2D eigenvalue weighted by Gasteiger charge is -2.44. The van der Waals surface area contributed by atoms with E-state index < -0.39 is 0 Å². The van der Waals surface area contributed by atoms with Crippen LogP contribution in [0, 0.1) is 5.92 Å². The number of hydrogen-bond acceptors (Lipinski definition) is 3. The van der Waals surface area contributed by atoms with Crippen LogP contribution in [-0.4, -0.2) is 36.6 Å². The average molecular weight is 287 g/mol. The zero-order chi connectivity index (χ0) is 14.5. The van der Waals surface area contributed by atoms with Crippen molar-refractivity contribution >= 4 is 5.97 Å². The van der Waals surface area contributed by atoms with E-state index in [1.165, 1.54) is 45.2 Å². The summed E-state index contributed by atoms with van der Waals surface area (Å²) >= 11 is 0. The minimum Gasteiger partial charge on any atom is -0.465 e. The highest BCUT2D eigenvalue weighted by molar-refractivity contribution is 5.72. The molecule has 0 aliphatic carbocycles. The first kappa shape index (κ1) is 14.6. The first-order chi connectivity index (χ1) is 10.3. The summed E-state index contributed by atoms with van der Waals surface area (Å²) in [6, 6.07) is 10.5. The molecule has 21 heavy (non-hydrogen) atoms. The average Bonchev–Trinajstić information content (AvgIpc) is 2.54. The lowest BCUT2D eigenvalue weighted by molar-refractivity contribution is -0.145. The van der Waals surface area contributed by atoms with Crippen LogP contribution >= 0.6 is 0 Å². The maximum atomic E-state index is 12.0. The first-order valence-electron chi connectivity index (χ1n) is 8.26. The SMILES string of the molecule is O=C(Cc1ccccc1)OC[C@H]1CCCN2CCCC[C@@H]12. The Morgan fingerprint density at radius 2 is 1.90 bits per heavy atom. The Morgan fingerprint density at radius 3 is 2.76 bits per heavy atom. The standard InChI is InChI=1S/C18H25NO2/c20-18(13-15-7-2-1-3-8-15)21-14-16-9-6-12-19-11-5-4-10-17(16)19/h1-3,7-8,16-17H,4-6,9-14H2/t16-,17+/m1/s1. The zero-order valence-electron chi connectivity index (χ0n) is 12.7. The zero-order valence-corrected chi connectivity index (χ0v) is 12.7. The van der Waals surface area contributed by atoms with E-state index in [0.29, 0.717) is 25.0 Å². The summed E-state index contributed by atoms with van der Waals surface area (Å²) in [5, 5.41) is 0. The third-order valence-corrected chi connectivity index (χ3v) is 4.88. The molecule has 0 saturated carbocycles. The molecule has 2 saturated heterocycles. The summed E-state index contributed by atoms with van der Waals surface area (Å²) in [6.45, 7) is 3.07. The van der Waals surface area contributed by atoms with Crippen LogP contribution in [-0.2, 0) is 16.0 Å². The molecular weight excluding hydrogens is 262 g/mol. The molecule has 0 spiro atoms. The van der Waals surface area contributed by atoms with E-state index in [4.69, 9.17) is 4.74 Å². The smallest absolute Gasteiger partial charge is 0.310 e. The second kappa shape index (κ2) is 7.08. The van der Waals surface area contributed by atoms with Crippen LogP contribution in [0.4, 0.5) is 0 Å². The summed E-state index contributed by atoms with van der Waals surface area (Å²) in [7, 11) is 0. The van der Waals surface area contributed by atoms with Crippen LogP contribution in [0.2, 0.25) is 0 Å². The number of carbonyl (C=O) groups excluding carboxylic acids is 1. The highest BCUT2D eigenvalue weighted by Crippen LogP contribution is 2.31. The van der Waals surface area contributed by atoms with Crippen molar-refractivity contribution < 1.29 is 9.53 Å². The first-order valence-corrected chi connectivity index (χ1v) is 8.26. The minimum atomic E-state index is -0.0888. The van der Waals surface area contributed by atoms with Crippen LogP contribution in [0.25, 0.3) is 0 Å². The van der Waals surface area contributed by atoms with Crippen LogP contribution in [0.1, 0.15) is 37.7 Å². The molecular formula is C18H25NO2. The van der Waals surface area contributed by atoms with Gasteiger partial charge >= 0.3 is 5.97 Å². The number of esters is 1. The van der Waals surface area contributed by atoms with Gasteiger partial charge in [-0.25, -0.2) is 0 Å². The van der Waals surface area contributed by atoms with Gasteiger partial charge in [-0.2, -0.15) is 0 Å². The van der Waals surface area contributed by atoms with Gasteiger partial charge in [-0.3, -0.25) is 9.69 Å². The van der Waals surface area contributed by atoms with Gasteiger partial charge in [-0.05, 0) is 44.3 Å². The molecule has 0 unspecified atom stereocenters. The van der Waals surface area contributed by atoms with Gasteiger partial charge in [0.05, 0.1) is 13.0 Å². The van der Waals surface area contributed by atoms with Crippen molar-refractivity contribution in [3.8, 4) is 0 Å². The van der Waals surface area contributed by atoms with Gasteiger partial charge in [-0.15, -0.1) is 0 Å². The molecule has 2 atom stereocenters. The molecule has 3 nitrogen and oxygen atoms in total. The summed E-state index contributed by atoms with van der Waals surface area (Å²) in [4.78, 5) is 14.6. The molecule has 0 aromatic heterocycles. The van der Waals surface area contributed by atoms with Crippen molar-refractivity contribution in [1.82, 2.24) is 4.90 Å². The van der Waals surface area contributed by atoms with Gasteiger partial charge in [0, 0.05) is 12.0 Å². The second-order valence-electron chi connectivity index (χ2n) is 6.35. The number of nitrogens with zero attached hydrogens (tertiary/aromatic N) is 1. The molecule has 0 bridgehead atoms. The Balaban J connectivity index is 1.48. The van der Waals surface area contributed by atoms with E-state index in [0.717, 1.165) is 5.56 Å². The maximum absolute atomic E-state index is 12.0. The van der Waals surface area contributed by atoms with Crippen molar-refractivity contribution in [2.45, 2.75) is 44.6 Å². The number of benzene rings is 1. The van der Waals surface area contributed by atoms with Crippen molar-refractivity contribution in [3.63, 3.8) is 0 Å². The molecule has 3 rings (SSSR count). The molecule has 114 valence electrons. The van der Waals surface area contributed by atoms with Gasteiger partial charge < -0.3 is 4.74 Å². The predicted octanol–water partition coefficient (Wildman–Crippen LogP) is 3.04. The Hall–Kier alpha value is -1.35. The van der Waals surface area contributed by atoms with Crippen molar-refractivity contribution in [1.29, 1.82) is 0 Å². The summed E-state index contributed by atoms with van der Waals surface area (Å²) in [6.07, 6.45) is 6.78. The molecule has 0 N–H and O–H groups in total. The number of rotatable bonds is 4.